The first-order valence-corrected chi connectivity index (χ1v) is 10.4. The second-order valence-corrected chi connectivity index (χ2v) is 7.89. The molecule has 3 aromatic rings. The summed E-state index contributed by atoms with van der Waals surface area (Å²) in [5.74, 6) is -0.209. The monoisotopic (exact) mass is 471 g/mol. The molecule has 3 aromatic carbocycles. The largest absolute Gasteiger partial charge is 0.496 e. The molecule has 9 heteroatoms. The molecule has 164 valence electrons. The molecule has 1 aliphatic rings. The summed E-state index contributed by atoms with van der Waals surface area (Å²) in [7, 11) is 1.53. The third-order valence-corrected chi connectivity index (χ3v) is 5.92. The van der Waals surface area contributed by atoms with Gasteiger partial charge in [0.05, 0.1) is 28.5 Å². The quantitative estimate of drug-likeness (QED) is 0.510. The minimum Gasteiger partial charge on any atom is -0.496 e. The number of benzene rings is 3. The Hall–Kier alpha value is -3.26. The Balaban J connectivity index is 1.77. The molecule has 1 heterocycles. The predicted molar refractivity (Wildman–Crippen MR) is 123 cm³/mol. The molecule has 0 spiro atoms. The van der Waals surface area contributed by atoms with E-state index in [-0.39, 0.29) is 27.8 Å². The van der Waals surface area contributed by atoms with Crippen molar-refractivity contribution in [3.05, 3.63) is 87.9 Å². The Morgan fingerprint density at radius 1 is 1.09 bits per heavy atom. The van der Waals surface area contributed by atoms with E-state index in [9.17, 15) is 14.7 Å². The zero-order valence-corrected chi connectivity index (χ0v) is 18.4. The zero-order chi connectivity index (χ0) is 22.9. The van der Waals surface area contributed by atoms with Crippen LogP contribution in [0.3, 0.4) is 0 Å². The number of nitrogens with one attached hydrogen (secondary N) is 2. The van der Waals surface area contributed by atoms with Gasteiger partial charge in [0.1, 0.15) is 5.75 Å². The predicted octanol–water partition coefficient (Wildman–Crippen LogP) is 4.52. The second-order valence-electron chi connectivity index (χ2n) is 7.08. The summed E-state index contributed by atoms with van der Waals surface area (Å²) in [6.45, 7) is 0.0736. The Morgan fingerprint density at radius 2 is 1.81 bits per heavy atom. The number of amides is 3. The maximum atomic E-state index is 13.5. The number of hydrogen-bond acceptors (Lipinski definition) is 4. The fourth-order valence-corrected chi connectivity index (χ4v) is 3.93. The molecule has 0 aliphatic carbocycles. The molecule has 3 N–H and O–H groups in total. The van der Waals surface area contributed by atoms with Crippen LogP contribution in [0.4, 0.5) is 16.2 Å². The number of halogens is 2. The maximum absolute atomic E-state index is 13.5. The van der Waals surface area contributed by atoms with Crippen molar-refractivity contribution in [3.63, 3.8) is 0 Å². The highest BCUT2D eigenvalue weighted by atomic mass is 35.5. The van der Waals surface area contributed by atoms with Crippen LogP contribution in [0, 0.1) is 0 Å². The molecule has 0 bridgehead atoms. The minimum absolute atomic E-state index is 0.0736. The van der Waals surface area contributed by atoms with Crippen LogP contribution in [0.1, 0.15) is 11.1 Å². The molecule has 1 aliphatic heterocycles. The van der Waals surface area contributed by atoms with Crippen LogP contribution < -0.4 is 20.3 Å². The van der Waals surface area contributed by atoms with Gasteiger partial charge in [-0.3, -0.25) is 9.69 Å². The Morgan fingerprint density at radius 3 is 2.56 bits per heavy atom. The summed E-state index contributed by atoms with van der Waals surface area (Å²) in [6, 6.07) is 17.4. The summed E-state index contributed by atoms with van der Waals surface area (Å²) in [4.78, 5) is 27.4. The lowest BCUT2D eigenvalue weighted by molar-refractivity contribution is -0.140. The van der Waals surface area contributed by atoms with Gasteiger partial charge in [0.25, 0.3) is 11.6 Å². The smallest absolute Gasteiger partial charge is 0.329 e. The van der Waals surface area contributed by atoms with Crippen LogP contribution in [0.2, 0.25) is 10.0 Å². The van der Waals surface area contributed by atoms with Gasteiger partial charge >= 0.3 is 6.03 Å². The van der Waals surface area contributed by atoms with E-state index in [1.165, 1.54) is 25.3 Å². The molecule has 32 heavy (non-hydrogen) atoms. The molecule has 0 saturated carbocycles. The zero-order valence-electron chi connectivity index (χ0n) is 16.9. The lowest BCUT2D eigenvalue weighted by Gasteiger charge is -2.42. The highest BCUT2D eigenvalue weighted by Gasteiger charge is 2.52. The highest BCUT2D eigenvalue weighted by molar-refractivity contribution is 6.42. The van der Waals surface area contributed by atoms with Crippen molar-refractivity contribution in [1.82, 2.24) is 5.32 Å². The number of ether oxygens (including phenoxy) is 1. The van der Waals surface area contributed by atoms with Crippen molar-refractivity contribution in [2.24, 2.45) is 0 Å². The number of methoxy groups -OCH3 is 1. The van der Waals surface area contributed by atoms with Crippen molar-refractivity contribution in [2.75, 3.05) is 17.3 Å². The number of aliphatic hydroxyl groups is 1. The number of rotatable bonds is 5. The average Bonchev–Trinajstić information content (AvgIpc) is 2.79. The number of hydrogen-bond donors (Lipinski definition) is 3. The maximum Gasteiger partial charge on any atom is 0.329 e. The lowest BCUT2D eigenvalue weighted by Crippen LogP contribution is -2.62. The van der Waals surface area contributed by atoms with E-state index in [1.54, 1.807) is 36.4 Å². The van der Waals surface area contributed by atoms with Gasteiger partial charge in [0, 0.05) is 17.7 Å². The Bertz CT molecular complexity index is 1200. The standard InChI is InChI=1S/C23H19Cl2N3O4/c1-32-20-9-5-2-6-14(20)13-26-21(29)23(31)16-7-3-4-8-19(16)27-22(30)28(23)15-10-11-17(24)18(25)12-15/h2-12,31H,13H2,1H3,(H,26,29)(H,27,30)/t23-/m1/s1. The van der Waals surface area contributed by atoms with Gasteiger partial charge in [0.2, 0.25) is 0 Å². The average molecular weight is 472 g/mol. The van der Waals surface area contributed by atoms with Crippen LogP contribution in [0.5, 0.6) is 5.75 Å². The van der Waals surface area contributed by atoms with Gasteiger partial charge in [-0.25, -0.2) is 4.79 Å². The topological polar surface area (TPSA) is 90.9 Å². The van der Waals surface area contributed by atoms with Crippen LogP contribution in [0.15, 0.2) is 66.7 Å². The first kappa shape index (κ1) is 22.0. The molecule has 4 rings (SSSR count). The normalized spacial score (nSPS) is 17.4. The first-order valence-electron chi connectivity index (χ1n) is 9.64. The third kappa shape index (κ3) is 3.75. The van der Waals surface area contributed by atoms with E-state index >= 15 is 0 Å². The molecule has 1 atom stereocenters. The van der Waals surface area contributed by atoms with E-state index in [0.717, 1.165) is 4.90 Å². The van der Waals surface area contributed by atoms with Gasteiger partial charge in [-0.05, 0) is 30.3 Å². The summed E-state index contributed by atoms with van der Waals surface area (Å²) < 4.78 is 5.32. The summed E-state index contributed by atoms with van der Waals surface area (Å²) in [5, 5.41) is 17.7. The Labute approximate surface area is 194 Å². The van der Waals surface area contributed by atoms with Crippen molar-refractivity contribution < 1.29 is 19.4 Å². The number of urea groups is 1. The van der Waals surface area contributed by atoms with E-state index in [0.29, 0.717) is 17.0 Å². The fourth-order valence-electron chi connectivity index (χ4n) is 3.63. The van der Waals surface area contributed by atoms with Crippen molar-refractivity contribution in [3.8, 4) is 5.75 Å². The number of carbonyl (C=O) groups excluding carboxylic acids is 2. The van der Waals surface area contributed by atoms with Crippen LogP contribution in [0.25, 0.3) is 0 Å². The van der Waals surface area contributed by atoms with Gasteiger partial charge < -0.3 is 20.5 Å². The van der Waals surface area contributed by atoms with Crippen LogP contribution in [-0.2, 0) is 17.1 Å². The highest BCUT2D eigenvalue weighted by Crippen LogP contribution is 2.41. The number of nitrogens with zero attached hydrogens (tertiary/aromatic N) is 1. The van der Waals surface area contributed by atoms with Crippen molar-refractivity contribution in [2.45, 2.75) is 12.3 Å². The molecule has 7 nitrogen and oxygen atoms in total. The molecule has 0 fully saturated rings. The number of fused-ring (bicyclic) bond motifs is 1. The third-order valence-electron chi connectivity index (χ3n) is 5.18. The van der Waals surface area contributed by atoms with Crippen molar-refractivity contribution in [1.29, 1.82) is 0 Å². The fraction of sp³-hybridized carbons (Fsp3) is 0.130. The minimum atomic E-state index is -2.35. The Kier molecular flexibility index (Phi) is 5.97. The van der Waals surface area contributed by atoms with Gasteiger partial charge in [-0.15, -0.1) is 0 Å². The molecule has 0 aromatic heterocycles. The van der Waals surface area contributed by atoms with E-state index in [2.05, 4.69) is 10.6 Å². The van der Waals surface area contributed by atoms with Gasteiger partial charge in [-0.2, -0.15) is 0 Å². The molecule has 3 amide bonds. The molecular weight excluding hydrogens is 453 g/mol. The van der Waals surface area contributed by atoms with E-state index in [4.69, 9.17) is 27.9 Å². The number of anilines is 2. The first-order chi connectivity index (χ1) is 15.4. The number of para-hydroxylation sites is 2. The summed E-state index contributed by atoms with van der Waals surface area (Å²) in [5.41, 5.74) is -0.909. The van der Waals surface area contributed by atoms with E-state index < -0.39 is 17.7 Å². The van der Waals surface area contributed by atoms with Crippen molar-refractivity contribution >= 4 is 46.5 Å². The molecule has 0 radical (unpaired) electrons. The second kappa shape index (κ2) is 8.70. The molecule has 0 saturated heterocycles. The summed E-state index contributed by atoms with van der Waals surface area (Å²) in [6.07, 6.45) is 0. The van der Waals surface area contributed by atoms with Crippen LogP contribution in [-0.4, -0.2) is 24.2 Å². The molecular formula is C23H19Cl2N3O4. The van der Waals surface area contributed by atoms with E-state index in [1.807, 2.05) is 12.1 Å². The SMILES string of the molecule is COc1ccccc1CNC(=O)[C@]1(O)c2ccccc2NC(=O)N1c1ccc(Cl)c(Cl)c1. The van der Waals surface area contributed by atoms with Crippen LogP contribution >= 0.6 is 23.2 Å². The molecule has 0 unspecified atom stereocenters. The van der Waals surface area contributed by atoms with Gasteiger partial charge in [0.15, 0.2) is 0 Å². The lowest BCUT2D eigenvalue weighted by atomic mass is 9.94. The van der Waals surface area contributed by atoms with Gasteiger partial charge in [-0.1, -0.05) is 59.6 Å². The number of carbonyl (C=O) groups is 2. The summed E-state index contributed by atoms with van der Waals surface area (Å²) >= 11 is 12.2.